The molecule has 1 saturated heterocycles. The summed E-state index contributed by atoms with van der Waals surface area (Å²) in [5.74, 6) is 0.766. The molecule has 4 heterocycles. The van der Waals surface area contributed by atoms with Gasteiger partial charge in [0.2, 0.25) is 5.91 Å². The number of anilines is 2. The van der Waals surface area contributed by atoms with Crippen LogP contribution in [0.3, 0.4) is 0 Å². The van der Waals surface area contributed by atoms with Crippen molar-refractivity contribution in [3.05, 3.63) is 73.1 Å². The van der Waals surface area contributed by atoms with E-state index in [9.17, 15) is 4.79 Å². The van der Waals surface area contributed by atoms with Gasteiger partial charge >= 0.3 is 0 Å². The monoisotopic (exact) mass is 452 g/mol. The number of carbonyl (C=O) groups excluding carboxylic acids is 1. The number of aromatic amines is 1. The number of nitrogens with one attached hydrogen (secondary N) is 2. The Balaban J connectivity index is 1.57. The predicted octanol–water partition coefficient (Wildman–Crippen LogP) is 4.48. The number of H-pyrrole nitrogens is 1. The highest BCUT2D eigenvalue weighted by Gasteiger charge is 2.19. The normalized spacial score (nSPS) is 14.4. The number of carbonyl (C=O) groups is 1. The minimum Gasteiger partial charge on any atom is -0.354 e. The van der Waals surface area contributed by atoms with Crippen LogP contribution in [0.2, 0.25) is 0 Å². The van der Waals surface area contributed by atoms with Crippen LogP contribution in [0.25, 0.3) is 33.4 Å². The second-order valence-electron chi connectivity index (χ2n) is 8.69. The van der Waals surface area contributed by atoms with E-state index in [0.29, 0.717) is 0 Å². The van der Waals surface area contributed by atoms with Crippen molar-refractivity contribution in [3.8, 4) is 22.4 Å². The van der Waals surface area contributed by atoms with Crippen LogP contribution in [-0.2, 0) is 4.79 Å². The zero-order chi connectivity index (χ0) is 23.7. The van der Waals surface area contributed by atoms with Gasteiger partial charge in [-0.2, -0.15) is 0 Å². The van der Waals surface area contributed by atoms with Crippen LogP contribution in [-0.4, -0.2) is 59.0 Å². The molecule has 34 heavy (non-hydrogen) atoms. The quantitative estimate of drug-likeness (QED) is 0.437. The first-order valence-electron chi connectivity index (χ1n) is 11.4. The Kier molecular flexibility index (Phi) is 5.86. The van der Waals surface area contributed by atoms with Crippen LogP contribution < -0.4 is 10.2 Å². The van der Waals surface area contributed by atoms with Crippen molar-refractivity contribution in [2.45, 2.75) is 6.92 Å². The van der Waals surface area contributed by atoms with Gasteiger partial charge in [0.1, 0.15) is 11.5 Å². The van der Waals surface area contributed by atoms with Gasteiger partial charge in [-0.3, -0.25) is 4.79 Å². The van der Waals surface area contributed by atoms with Crippen molar-refractivity contribution in [1.29, 1.82) is 0 Å². The van der Waals surface area contributed by atoms with E-state index < -0.39 is 0 Å². The number of hydrogen-bond acceptors (Lipinski definition) is 5. The molecule has 1 amide bonds. The highest BCUT2D eigenvalue weighted by Crippen LogP contribution is 2.39. The first-order valence-corrected chi connectivity index (χ1v) is 11.4. The minimum atomic E-state index is -0.232. The molecule has 5 rings (SSSR count). The van der Waals surface area contributed by atoms with Crippen molar-refractivity contribution >= 4 is 28.4 Å². The summed E-state index contributed by atoms with van der Waals surface area (Å²) in [6.07, 6.45) is 4.99. The summed E-state index contributed by atoms with van der Waals surface area (Å²) in [6.45, 7) is 9.57. The van der Waals surface area contributed by atoms with Gasteiger partial charge in [-0.05, 0) is 61.5 Å². The maximum Gasteiger partial charge on any atom is 0.247 e. The molecule has 0 unspecified atom stereocenters. The number of aromatic nitrogens is 3. The molecule has 1 aliphatic rings. The van der Waals surface area contributed by atoms with Gasteiger partial charge < -0.3 is 20.1 Å². The Morgan fingerprint density at radius 2 is 1.88 bits per heavy atom. The number of pyridine rings is 2. The molecule has 0 bridgehead atoms. The molecule has 1 aromatic carbocycles. The summed E-state index contributed by atoms with van der Waals surface area (Å²) in [7, 11) is 2.15. The Labute approximate surface area is 199 Å². The molecule has 0 atom stereocenters. The van der Waals surface area contributed by atoms with Gasteiger partial charge in [0.25, 0.3) is 0 Å². The molecule has 7 nitrogen and oxygen atoms in total. The van der Waals surface area contributed by atoms with E-state index in [1.165, 1.54) is 6.08 Å². The van der Waals surface area contributed by atoms with Gasteiger partial charge in [0.05, 0.1) is 5.69 Å². The topological polar surface area (TPSA) is 77.2 Å². The summed E-state index contributed by atoms with van der Waals surface area (Å²) in [5.41, 5.74) is 6.52. The minimum absolute atomic E-state index is 0.232. The molecule has 7 heteroatoms. The number of hydrogen-bond donors (Lipinski definition) is 2. The molecule has 2 N–H and O–H groups in total. The SMILES string of the molecule is C=CC(=O)Nc1cc(-c2c(-c3ccc(N4CCN(C)CC4)nc3)[nH]c3ncccc23)ccc1C. The third kappa shape index (κ3) is 4.18. The van der Waals surface area contributed by atoms with Gasteiger partial charge in [-0.25, -0.2) is 9.97 Å². The average molecular weight is 453 g/mol. The lowest BCUT2D eigenvalue weighted by Crippen LogP contribution is -2.44. The lowest BCUT2D eigenvalue weighted by atomic mass is 9.98. The van der Waals surface area contributed by atoms with Crippen molar-refractivity contribution < 1.29 is 4.79 Å². The number of benzene rings is 1. The van der Waals surface area contributed by atoms with Crippen molar-refractivity contribution in [2.24, 2.45) is 0 Å². The predicted molar refractivity (Wildman–Crippen MR) is 138 cm³/mol. The van der Waals surface area contributed by atoms with Crippen LogP contribution in [0.4, 0.5) is 11.5 Å². The van der Waals surface area contributed by atoms with Gasteiger partial charge in [-0.15, -0.1) is 0 Å². The number of likely N-dealkylation sites (N-methyl/N-ethyl adjacent to an activating group) is 1. The highest BCUT2D eigenvalue weighted by atomic mass is 16.1. The lowest BCUT2D eigenvalue weighted by Gasteiger charge is -2.33. The molecule has 1 aliphatic heterocycles. The Hall–Kier alpha value is -3.97. The molecule has 0 aliphatic carbocycles. The van der Waals surface area contributed by atoms with Crippen LogP contribution in [0.5, 0.6) is 0 Å². The van der Waals surface area contributed by atoms with Gasteiger partial charge in [0, 0.05) is 60.8 Å². The number of amides is 1. The molecule has 0 spiro atoms. The summed E-state index contributed by atoms with van der Waals surface area (Å²) in [5, 5.41) is 3.93. The van der Waals surface area contributed by atoms with E-state index in [4.69, 9.17) is 4.98 Å². The fraction of sp³-hybridized carbons (Fsp3) is 0.222. The third-order valence-corrected chi connectivity index (χ3v) is 6.40. The first kappa shape index (κ1) is 21.9. The fourth-order valence-corrected chi connectivity index (χ4v) is 4.39. The fourth-order valence-electron chi connectivity index (χ4n) is 4.39. The third-order valence-electron chi connectivity index (χ3n) is 6.40. The number of fused-ring (bicyclic) bond motifs is 1. The standard InChI is InChI=1S/C27H28N6O/c1-4-24(34)30-22-16-19(8-7-18(22)2)25-21-6-5-11-28-27(21)31-26(25)20-9-10-23(29-17-20)33-14-12-32(3)13-15-33/h4-11,16-17H,1,12-15H2,2-3H3,(H,28,31)(H,30,34). The lowest BCUT2D eigenvalue weighted by molar-refractivity contribution is -0.111. The molecule has 0 radical (unpaired) electrons. The average Bonchev–Trinajstić information content (AvgIpc) is 3.25. The van der Waals surface area contributed by atoms with E-state index >= 15 is 0 Å². The summed E-state index contributed by atoms with van der Waals surface area (Å²) in [4.78, 5) is 29.4. The van der Waals surface area contributed by atoms with Crippen LogP contribution in [0, 0.1) is 6.92 Å². The highest BCUT2D eigenvalue weighted by molar-refractivity contribution is 6.04. The van der Waals surface area contributed by atoms with Gasteiger partial charge in [0.15, 0.2) is 0 Å². The van der Waals surface area contributed by atoms with Crippen LogP contribution in [0.15, 0.2) is 67.5 Å². The van der Waals surface area contributed by atoms with E-state index in [1.807, 2.05) is 31.3 Å². The largest absolute Gasteiger partial charge is 0.354 e. The maximum atomic E-state index is 12.0. The van der Waals surface area contributed by atoms with E-state index in [0.717, 1.165) is 76.7 Å². The zero-order valence-corrected chi connectivity index (χ0v) is 19.5. The van der Waals surface area contributed by atoms with Crippen molar-refractivity contribution in [1.82, 2.24) is 19.9 Å². The summed E-state index contributed by atoms with van der Waals surface area (Å²) < 4.78 is 0. The zero-order valence-electron chi connectivity index (χ0n) is 19.5. The van der Waals surface area contributed by atoms with Crippen LogP contribution >= 0.6 is 0 Å². The summed E-state index contributed by atoms with van der Waals surface area (Å²) >= 11 is 0. The number of piperazine rings is 1. The molecule has 172 valence electrons. The van der Waals surface area contributed by atoms with E-state index in [1.54, 1.807) is 6.20 Å². The van der Waals surface area contributed by atoms with Crippen molar-refractivity contribution in [3.63, 3.8) is 0 Å². The second-order valence-corrected chi connectivity index (χ2v) is 8.69. The molecule has 0 saturated carbocycles. The number of nitrogens with zero attached hydrogens (tertiary/aromatic N) is 4. The molecular formula is C27H28N6O. The number of rotatable bonds is 5. The second kappa shape index (κ2) is 9.11. The summed E-state index contributed by atoms with van der Waals surface area (Å²) in [6, 6.07) is 14.3. The smallest absolute Gasteiger partial charge is 0.247 e. The molecule has 4 aromatic rings. The molecule has 3 aromatic heterocycles. The first-order chi connectivity index (χ1) is 16.5. The van der Waals surface area contributed by atoms with E-state index in [2.05, 4.69) is 63.0 Å². The van der Waals surface area contributed by atoms with Crippen molar-refractivity contribution in [2.75, 3.05) is 43.4 Å². The Morgan fingerprint density at radius 1 is 1.09 bits per heavy atom. The maximum absolute atomic E-state index is 12.0. The van der Waals surface area contributed by atoms with E-state index in [-0.39, 0.29) is 5.91 Å². The van der Waals surface area contributed by atoms with Gasteiger partial charge in [-0.1, -0.05) is 18.7 Å². The molecular weight excluding hydrogens is 424 g/mol. The van der Waals surface area contributed by atoms with Crippen LogP contribution in [0.1, 0.15) is 5.56 Å². The number of aryl methyl sites for hydroxylation is 1. The molecule has 1 fully saturated rings. The Bertz CT molecular complexity index is 1350. The Morgan fingerprint density at radius 3 is 2.62 bits per heavy atom.